The van der Waals surface area contributed by atoms with Gasteiger partial charge in [-0.1, -0.05) is 27.2 Å². The Morgan fingerprint density at radius 3 is 2.20 bits per heavy atom. The molecule has 0 bridgehead atoms. The second-order valence-corrected chi connectivity index (χ2v) is 6.42. The van der Waals surface area contributed by atoms with Gasteiger partial charge in [0.2, 0.25) is 0 Å². The van der Waals surface area contributed by atoms with Crippen LogP contribution >= 0.6 is 0 Å². The van der Waals surface area contributed by atoms with Gasteiger partial charge in [-0.25, -0.2) is 13.2 Å². The van der Waals surface area contributed by atoms with Crippen molar-refractivity contribution in [2.75, 3.05) is 0 Å². The van der Waals surface area contributed by atoms with Crippen LogP contribution in [0.2, 0.25) is 0 Å². The van der Waals surface area contributed by atoms with E-state index in [4.69, 9.17) is 0 Å². The van der Waals surface area contributed by atoms with Crippen LogP contribution in [0.4, 0.5) is 13.2 Å². The fourth-order valence-electron chi connectivity index (χ4n) is 3.77. The average Bonchev–Trinajstić information content (AvgIpc) is 2.35. The number of benzene rings is 1. The standard InChI is InChI=1S/C16H19F3O/c1-10-5-4-6-15(2,3)16(10,9-20)11-7-12(17)14(19)13(18)8-11/h7-10H,4-6H2,1-3H3/t10-,16+/m0/s1. The fraction of sp³-hybridized carbons (Fsp3) is 0.562. The first kappa shape index (κ1) is 15.1. The predicted octanol–water partition coefficient (Wildman–Crippen LogP) is 4.39. The van der Waals surface area contributed by atoms with Crippen molar-refractivity contribution in [3.05, 3.63) is 35.1 Å². The van der Waals surface area contributed by atoms with Crippen molar-refractivity contribution in [3.63, 3.8) is 0 Å². The second-order valence-electron chi connectivity index (χ2n) is 6.42. The zero-order chi connectivity index (χ0) is 15.1. The first-order valence-electron chi connectivity index (χ1n) is 6.87. The Labute approximate surface area is 117 Å². The van der Waals surface area contributed by atoms with Crippen molar-refractivity contribution < 1.29 is 18.0 Å². The summed E-state index contributed by atoms with van der Waals surface area (Å²) in [5, 5.41) is 0. The van der Waals surface area contributed by atoms with Crippen LogP contribution in [-0.4, -0.2) is 6.29 Å². The molecule has 1 saturated carbocycles. The molecule has 0 saturated heterocycles. The average molecular weight is 284 g/mol. The van der Waals surface area contributed by atoms with E-state index in [1.165, 1.54) is 0 Å². The highest BCUT2D eigenvalue weighted by Crippen LogP contribution is 2.53. The Morgan fingerprint density at radius 1 is 1.20 bits per heavy atom. The highest BCUT2D eigenvalue weighted by molar-refractivity contribution is 5.71. The third-order valence-corrected chi connectivity index (χ3v) is 4.98. The summed E-state index contributed by atoms with van der Waals surface area (Å²) in [7, 11) is 0. The van der Waals surface area contributed by atoms with E-state index in [1.807, 2.05) is 20.8 Å². The van der Waals surface area contributed by atoms with Crippen LogP contribution in [0.25, 0.3) is 0 Å². The van der Waals surface area contributed by atoms with Crippen molar-refractivity contribution in [1.82, 2.24) is 0 Å². The van der Waals surface area contributed by atoms with Gasteiger partial charge in [0.15, 0.2) is 17.5 Å². The zero-order valence-electron chi connectivity index (χ0n) is 12.0. The second kappa shape index (κ2) is 4.90. The molecule has 1 aromatic carbocycles. The Morgan fingerprint density at radius 2 is 1.75 bits per heavy atom. The van der Waals surface area contributed by atoms with Crippen LogP contribution < -0.4 is 0 Å². The van der Waals surface area contributed by atoms with Gasteiger partial charge in [0.1, 0.15) is 6.29 Å². The maximum absolute atomic E-state index is 13.5. The molecule has 4 heteroatoms. The van der Waals surface area contributed by atoms with E-state index in [2.05, 4.69) is 0 Å². The lowest BCUT2D eigenvalue weighted by Crippen LogP contribution is -2.51. The summed E-state index contributed by atoms with van der Waals surface area (Å²) >= 11 is 0. The quantitative estimate of drug-likeness (QED) is 0.581. The van der Waals surface area contributed by atoms with Gasteiger partial charge < -0.3 is 4.79 Å². The number of rotatable bonds is 2. The van der Waals surface area contributed by atoms with Crippen molar-refractivity contribution in [1.29, 1.82) is 0 Å². The first-order valence-corrected chi connectivity index (χ1v) is 6.87. The third kappa shape index (κ3) is 1.97. The first-order chi connectivity index (χ1) is 9.26. The summed E-state index contributed by atoms with van der Waals surface area (Å²) < 4.78 is 40.3. The Balaban J connectivity index is 2.69. The normalized spacial score (nSPS) is 29.2. The SMILES string of the molecule is C[C@H]1CCCC(C)(C)[C@@]1(C=O)c1cc(F)c(F)c(F)c1. The van der Waals surface area contributed by atoms with Gasteiger partial charge in [0, 0.05) is 0 Å². The molecule has 2 rings (SSSR count). The smallest absolute Gasteiger partial charge is 0.194 e. The molecule has 1 fully saturated rings. The number of carbonyl (C=O) groups is 1. The van der Waals surface area contributed by atoms with Gasteiger partial charge >= 0.3 is 0 Å². The van der Waals surface area contributed by atoms with Crippen LogP contribution in [0.15, 0.2) is 12.1 Å². The summed E-state index contributed by atoms with van der Waals surface area (Å²) in [5.41, 5.74) is -1.18. The molecule has 0 N–H and O–H groups in total. The van der Waals surface area contributed by atoms with Crippen LogP contribution in [0.3, 0.4) is 0 Å². The van der Waals surface area contributed by atoms with Gasteiger partial charge in [-0.2, -0.15) is 0 Å². The van der Waals surface area contributed by atoms with Gasteiger partial charge in [-0.15, -0.1) is 0 Å². The minimum Gasteiger partial charge on any atom is -0.302 e. The number of hydrogen-bond acceptors (Lipinski definition) is 1. The number of carbonyl (C=O) groups excluding carboxylic acids is 1. The molecule has 0 radical (unpaired) electrons. The molecular formula is C16H19F3O. The third-order valence-electron chi connectivity index (χ3n) is 4.98. The van der Waals surface area contributed by atoms with E-state index in [0.717, 1.165) is 37.7 Å². The number of halogens is 3. The van der Waals surface area contributed by atoms with E-state index >= 15 is 0 Å². The molecule has 0 aliphatic heterocycles. The molecule has 0 unspecified atom stereocenters. The van der Waals surface area contributed by atoms with Crippen LogP contribution in [0.5, 0.6) is 0 Å². The van der Waals surface area contributed by atoms with E-state index < -0.39 is 28.3 Å². The number of aldehydes is 1. The summed E-state index contributed by atoms with van der Waals surface area (Å²) in [6, 6.07) is 1.94. The maximum atomic E-state index is 13.5. The van der Waals surface area contributed by atoms with Crippen LogP contribution in [0.1, 0.15) is 45.6 Å². The van der Waals surface area contributed by atoms with Gasteiger partial charge in [-0.05, 0) is 41.9 Å². The lowest BCUT2D eigenvalue weighted by Gasteiger charge is -2.51. The van der Waals surface area contributed by atoms with E-state index in [9.17, 15) is 18.0 Å². The Kier molecular flexibility index (Phi) is 3.69. The van der Waals surface area contributed by atoms with E-state index in [-0.39, 0.29) is 11.5 Å². The highest BCUT2D eigenvalue weighted by atomic mass is 19.2. The fourth-order valence-corrected chi connectivity index (χ4v) is 3.77. The molecular weight excluding hydrogens is 265 g/mol. The molecule has 0 spiro atoms. The lowest BCUT2D eigenvalue weighted by molar-refractivity contribution is -0.121. The maximum Gasteiger partial charge on any atom is 0.194 e. The van der Waals surface area contributed by atoms with E-state index in [0.29, 0.717) is 0 Å². The lowest BCUT2D eigenvalue weighted by atomic mass is 9.51. The Bertz CT molecular complexity index is 516. The highest BCUT2D eigenvalue weighted by Gasteiger charge is 2.52. The monoisotopic (exact) mass is 284 g/mol. The molecule has 1 aliphatic rings. The summed E-state index contributed by atoms with van der Waals surface area (Å²) in [5.74, 6) is -4.02. The molecule has 110 valence electrons. The van der Waals surface area contributed by atoms with Gasteiger partial charge in [0.05, 0.1) is 5.41 Å². The molecule has 1 aromatic rings. The minimum atomic E-state index is -1.49. The van der Waals surface area contributed by atoms with Crippen molar-refractivity contribution in [2.24, 2.45) is 11.3 Å². The topological polar surface area (TPSA) is 17.1 Å². The zero-order valence-corrected chi connectivity index (χ0v) is 12.0. The summed E-state index contributed by atoms with van der Waals surface area (Å²) in [6.45, 7) is 5.76. The van der Waals surface area contributed by atoms with E-state index in [1.54, 1.807) is 0 Å². The molecule has 0 amide bonds. The molecule has 2 atom stereocenters. The summed E-state index contributed by atoms with van der Waals surface area (Å²) in [4.78, 5) is 11.9. The van der Waals surface area contributed by atoms with Crippen molar-refractivity contribution in [3.8, 4) is 0 Å². The van der Waals surface area contributed by atoms with Crippen LogP contribution in [-0.2, 0) is 10.2 Å². The predicted molar refractivity (Wildman–Crippen MR) is 70.9 cm³/mol. The molecule has 1 aliphatic carbocycles. The molecule has 0 heterocycles. The minimum absolute atomic E-state index is 0.0481. The summed E-state index contributed by atoms with van der Waals surface area (Å²) in [6.07, 6.45) is 3.36. The number of hydrogen-bond donors (Lipinski definition) is 0. The molecule has 0 aromatic heterocycles. The molecule has 20 heavy (non-hydrogen) atoms. The largest absolute Gasteiger partial charge is 0.302 e. The Hall–Kier alpha value is -1.32. The molecule has 1 nitrogen and oxygen atoms in total. The van der Waals surface area contributed by atoms with Crippen LogP contribution in [0, 0.1) is 28.8 Å². The van der Waals surface area contributed by atoms with Gasteiger partial charge in [0.25, 0.3) is 0 Å². The van der Waals surface area contributed by atoms with Crippen molar-refractivity contribution >= 4 is 6.29 Å². The van der Waals surface area contributed by atoms with Gasteiger partial charge in [-0.3, -0.25) is 0 Å². The van der Waals surface area contributed by atoms with Crippen molar-refractivity contribution in [2.45, 2.75) is 45.4 Å².